The standard InChI is InChI=1S/C25H32N4O3/c1-3-11-26-13-9-23(30)28-17-5-7-19-20-8-6-18(16-22(20)25(32)21(19)15-17)29-24(31)10-14-27-12-4-2/h5-8,15-16,26-27H,3-4,9-14H2,1-2H3,(H,28,30)(H,29,31). The number of amides is 2. The molecule has 1 aliphatic carbocycles. The van der Waals surface area contributed by atoms with E-state index in [1.807, 2.05) is 24.3 Å². The smallest absolute Gasteiger partial charge is 0.225 e. The molecular weight excluding hydrogens is 404 g/mol. The first-order valence-electron chi connectivity index (χ1n) is 11.4. The highest BCUT2D eigenvalue weighted by Gasteiger charge is 2.27. The van der Waals surface area contributed by atoms with Crippen molar-refractivity contribution in [2.24, 2.45) is 0 Å². The molecule has 0 fully saturated rings. The van der Waals surface area contributed by atoms with Crippen LogP contribution < -0.4 is 21.3 Å². The first-order valence-corrected chi connectivity index (χ1v) is 11.4. The van der Waals surface area contributed by atoms with Crippen molar-refractivity contribution in [2.45, 2.75) is 39.5 Å². The van der Waals surface area contributed by atoms with E-state index in [2.05, 4.69) is 35.1 Å². The van der Waals surface area contributed by atoms with E-state index >= 15 is 0 Å². The first kappa shape index (κ1) is 23.6. The summed E-state index contributed by atoms with van der Waals surface area (Å²) < 4.78 is 0. The Labute approximate surface area is 189 Å². The number of hydrogen-bond acceptors (Lipinski definition) is 5. The van der Waals surface area contributed by atoms with Crippen LogP contribution in [0.2, 0.25) is 0 Å². The lowest BCUT2D eigenvalue weighted by atomic mass is 10.0. The summed E-state index contributed by atoms with van der Waals surface area (Å²) in [7, 11) is 0. The van der Waals surface area contributed by atoms with Crippen LogP contribution in [0, 0.1) is 0 Å². The maximum atomic E-state index is 13.0. The fourth-order valence-corrected chi connectivity index (χ4v) is 3.69. The fraction of sp³-hybridized carbons (Fsp3) is 0.400. The second kappa shape index (κ2) is 11.5. The van der Waals surface area contributed by atoms with Crippen LogP contribution in [-0.2, 0) is 9.59 Å². The third-order valence-electron chi connectivity index (χ3n) is 5.30. The van der Waals surface area contributed by atoms with Gasteiger partial charge in [-0.3, -0.25) is 14.4 Å². The summed E-state index contributed by atoms with van der Waals surface area (Å²) in [6.07, 6.45) is 2.80. The maximum absolute atomic E-state index is 13.0. The number of ketones is 1. The van der Waals surface area contributed by atoms with Crippen molar-refractivity contribution >= 4 is 29.0 Å². The lowest BCUT2D eigenvalue weighted by molar-refractivity contribution is -0.116. The van der Waals surface area contributed by atoms with Gasteiger partial charge in [0.1, 0.15) is 0 Å². The van der Waals surface area contributed by atoms with E-state index in [9.17, 15) is 14.4 Å². The SMILES string of the molecule is CCCNCCC(=O)Nc1ccc2c(c1)C(=O)c1cc(NC(=O)CCNCCC)ccc1-2. The Morgan fingerprint density at radius 3 is 1.50 bits per heavy atom. The minimum Gasteiger partial charge on any atom is -0.326 e. The van der Waals surface area contributed by atoms with Gasteiger partial charge in [0.15, 0.2) is 5.78 Å². The molecule has 1 aliphatic rings. The predicted octanol–water partition coefficient (Wildman–Crippen LogP) is 3.55. The largest absolute Gasteiger partial charge is 0.326 e. The fourth-order valence-electron chi connectivity index (χ4n) is 3.69. The zero-order valence-corrected chi connectivity index (χ0v) is 18.8. The van der Waals surface area contributed by atoms with Gasteiger partial charge in [-0.25, -0.2) is 0 Å². The van der Waals surface area contributed by atoms with Gasteiger partial charge in [0.2, 0.25) is 11.8 Å². The van der Waals surface area contributed by atoms with E-state index in [1.54, 1.807) is 12.1 Å². The highest BCUT2D eigenvalue weighted by molar-refractivity contribution is 6.22. The van der Waals surface area contributed by atoms with Crippen molar-refractivity contribution in [3.8, 4) is 11.1 Å². The second-order valence-electron chi connectivity index (χ2n) is 7.95. The van der Waals surface area contributed by atoms with Crippen LogP contribution in [0.1, 0.15) is 55.5 Å². The molecule has 0 bridgehead atoms. The molecule has 0 saturated carbocycles. The van der Waals surface area contributed by atoms with E-state index < -0.39 is 0 Å². The molecule has 2 aromatic rings. The van der Waals surface area contributed by atoms with Gasteiger partial charge in [0.25, 0.3) is 0 Å². The zero-order valence-electron chi connectivity index (χ0n) is 18.8. The van der Waals surface area contributed by atoms with Crippen LogP contribution in [-0.4, -0.2) is 43.8 Å². The van der Waals surface area contributed by atoms with Crippen molar-refractivity contribution in [3.05, 3.63) is 47.5 Å². The molecule has 0 aromatic heterocycles. The van der Waals surface area contributed by atoms with E-state index in [1.165, 1.54) is 0 Å². The zero-order chi connectivity index (χ0) is 22.9. The molecule has 2 aromatic carbocycles. The van der Waals surface area contributed by atoms with E-state index in [0.29, 0.717) is 48.4 Å². The first-order chi connectivity index (χ1) is 15.5. The summed E-state index contributed by atoms with van der Waals surface area (Å²) in [6, 6.07) is 10.8. The molecule has 7 nitrogen and oxygen atoms in total. The molecule has 0 atom stereocenters. The molecule has 32 heavy (non-hydrogen) atoms. The van der Waals surface area contributed by atoms with Crippen LogP contribution >= 0.6 is 0 Å². The predicted molar refractivity (Wildman–Crippen MR) is 128 cm³/mol. The van der Waals surface area contributed by atoms with Crippen LogP contribution in [0.25, 0.3) is 11.1 Å². The third-order valence-corrected chi connectivity index (χ3v) is 5.30. The lowest BCUT2D eigenvalue weighted by Gasteiger charge is -2.08. The molecule has 170 valence electrons. The van der Waals surface area contributed by atoms with Crippen molar-refractivity contribution in [2.75, 3.05) is 36.8 Å². The highest BCUT2D eigenvalue weighted by atomic mass is 16.2. The molecule has 3 rings (SSSR count). The van der Waals surface area contributed by atoms with Gasteiger partial charge in [-0.05, 0) is 61.3 Å². The second-order valence-corrected chi connectivity index (χ2v) is 7.95. The minimum atomic E-state index is -0.101. The number of benzene rings is 2. The molecule has 4 N–H and O–H groups in total. The maximum Gasteiger partial charge on any atom is 0.225 e. The average molecular weight is 437 g/mol. The number of fused-ring (bicyclic) bond motifs is 3. The summed E-state index contributed by atoms with van der Waals surface area (Å²) in [5, 5.41) is 12.1. The molecule has 0 radical (unpaired) electrons. The Morgan fingerprint density at radius 2 is 1.09 bits per heavy atom. The molecule has 0 spiro atoms. The third kappa shape index (κ3) is 6.02. The van der Waals surface area contributed by atoms with Crippen LogP contribution in [0.4, 0.5) is 11.4 Å². The molecule has 7 heteroatoms. The summed E-state index contributed by atoms with van der Waals surface area (Å²) in [4.78, 5) is 37.3. The molecular formula is C25H32N4O3. The number of nitrogens with one attached hydrogen (secondary N) is 4. The normalized spacial score (nSPS) is 11.8. The van der Waals surface area contributed by atoms with Crippen molar-refractivity contribution in [1.82, 2.24) is 10.6 Å². The number of rotatable bonds is 12. The van der Waals surface area contributed by atoms with Gasteiger partial charge < -0.3 is 21.3 Å². The number of anilines is 2. The summed E-state index contributed by atoms with van der Waals surface area (Å²) in [6.45, 7) is 7.18. The van der Waals surface area contributed by atoms with E-state index in [0.717, 1.165) is 37.1 Å². The van der Waals surface area contributed by atoms with Gasteiger partial charge in [-0.15, -0.1) is 0 Å². The summed E-state index contributed by atoms with van der Waals surface area (Å²) in [5.41, 5.74) is 4.03. The van der Waals surface area contributed by atoms with E-state index in [4.69, 9.17) is 0 Å². The van der Waals surface area contributed by atoms with Gasteiger partial charge in [-0.1, -0.05) is 26.0 Å². The number of carbonyl (C=O) groups is 3. The Hall–Kier alpha value is -3.03. The highest BCUT2D eigenvalue weighted by Crippen LogP contribution is 2.39. The Morgan fingerprint density at radius 1 is 0.656 bits per heavy atom. The number of hydrogen-bond donors (Lipinski definition) is 4. The molecule has 0 saturated heterocycles. The minimum absolute atomic E-state index is 0.0880. The summed E-state index contributed by atoms with van der Waals surface area (Å²) in [5.74, 6) is -0.277. The Balaban J connectivity index is 1.63. The monoisotopic (exact) mass is 436 g/mol. The van der Waals surface area contributed by atoms with Gasteiger partial charge in [0.05, 0.1) is 0 Å². The molecule has 0 unspecified atom stereocenters. The van der Waals surface area contributed by atoms with Crippen molar-refractivity contribution < 1.29 is 14.4 Å². The number of carbonyl (C=O) groups excluding carboxylic acids is 3. The van der Waals surface area contributed by atoms with Gasteiger partial charge >= 0.3 is 0 Å². The topological polar surface area (TPSA) is 99.3 Å². The van der Waals surface area contributed by atoms with Crippen LogP contribution in [0.3, 0.4) is 0 Å². The molecule has 0 heterocycles. The lowest BCUT2D eigenvalue weighted by Crippen LogP contribution is -2.22. The van der Waals surface area contributed by atoms with Gasteiger partial charge in [-0.2, -0.15) is 0 Å². The Bertz CT molecular complexity index is 910. The molecule has 0 aliphatic heterocycles. The van der Waals surface area contributed by atoms with Crippen LogP contribution in [0.5, 0.6) is 0 Å². The van der Waals surface area contributed by atoms with Crippen molar-refractivity contribution in [3.63, 3.8) is 0 Å². The van der Waals surface area contributed by atoms with Crippen molar-refractivity contribution in [1.29, 1.82) is 0 Å². The molecule has 2 amide bonds. The average Bonchev–Trinajstić information content (AvgIpc) is 3.05. The van der Waals surface area contributed by atoms with Crippen LogP contribution in [0.15, 0.2) is 36.4 Å². The summed E-state index contributed by atoms with van der Waals surface area (Å²) >= 11 is 0. The Kier molecular flexibility index (Phi) is 8.53. The van der Waals surface area contributed by atoms with E-state index in [-0.39, 0.29) is 17.6 Å². The van der Waals surface area contributed by atoms with Gasteiger partial charge in [0, 0.05) is 48.4 Å². The quantitative estimate of drug-likeness (QED) is 0.326.